The minimum atomic E-state index is 0.393. The molecule has 1 fully saturated rings. The lowest BCUT2D eigenvalue weighted by molar-refractivity contribution is 0.210. The van der Waals surface area contributed by atoms with Gasteiger partial charge in [0.05, 0.1) is 5.69 Å². The molecule has 3 rings (SSSR count). The van der Waals surface area contributed by atoms with Crippen molar-refractivity contribution in [2.24, 2.45) is 0 Å². The van der Waals surface area contributed by atoms with Crippen molar-refractivity contribution in [2.75, 3.05) is 19.6 Å². The van der Waals surface area contributed by atoms with Crippen LogP contribution in [0.2, 0.25) is 0 Å². The van der Waals surface area contributed by atoms with E-state index >= 15 is 0 Å². The van der Waals surface area contributed by atoms with Crippen LogP contribution in [-0.4, -0.2) is 35.6 Å². The highest BCUT2D eigenvalue weighted by Crippen LogP contribution is 2.09. The Balaban J connectivity index is 1.57. The van der Waals surface area contributed by atoms with E-state index in [0.717, 1.165) is 31.9 Å². The molecule has 1 saturated heterocycles. The molecule has 0 spiro atoms. The molecular formula is C18H21N3. The molecule has 2 heterocycles. The fourth-order valence-corrected chi connectivity index (χ4v) is 2.65. The maximum atomic E-state index is 4.32. The SMILES string of the molecule is C(=C[C@@H]1CN(Cc2ccccc2)CCN1)c1ccccn1. The maximum Gasteiger partial charge on any atom is 0.0627 e. The number of rotatable bonds is 4. The van der Waals surface area contributed by atoms with Gasteiger partial charge in [-0.25, -0.2) is 0 Å². The van der Waals surface area contributed by atoms with Crippen molar-refractivity contribution in [3.8, 4) is 0 Å². The number of hydrogen-bond donors (Lipinski definition) is 1. The summed E-state index contributed by atoms with van der Waals surface area (Å²) in [6, 6.07) is 17.1. The number of benzene rings is 1. The highest BCUT2D eigenvalue weighted by atomic mass is 15.2. The third-order valence-electron chi connectivity index (χ3n) is 3.73. The molecule has 0 amide bonds. The van der Waals surface area contributed by atoms with Crippen LogP contribution in [0, 0.1) is 0 Å². The summed E-state index contributed by atoms with van der Waals surface area (Å²) in [6.07, 6.45) is 6.15. The Bertz CT molecular complexity index is 566. The van der Waals surface area contributed by atoms with E-state index in [-0.39, 0.29) is 0 Å². The second-order valence-corrected chi connectivity index (χ2v) is 5.40. The predicted molar refractivity (Wildman–Crippen MR) is 86.8 cm³/mol. The minimum Gasteiger partial charge on any atom is -0.308 e. The summed E-state index contributed by atoms with van der Waals surface area (Å²) >= 11 is 0. The van der Waals surface area contributed by atoms with E-state index in [4.69, 9.17) is 0 Å². The number of nitrogens with one attached hydrogen (secondary N) is 1. The van der Waals surface area contributed by atoms with Gasteiger partial charge in [0.15, 0.2) is 0 Å². The number of aromatic nitrogens is 1. The van der Waals surface area contributed by atoms with Crippen LogP contribution < -0.4 is 5.32 Å². The molecule has 1 N–H and O–H groups in total. The molecule has 1 aromatic heterocycles. The second kappa shape index (κ2) is 7.16. The number of piperazine rings is 1. The Kier molecular flexibility index (Phi) is 4.77. The lowest BCUT2D eigenvalue weighted by Gasteiger charge is -2.32. The highest BCUT2D eigenvalue weighted by Gasteiger charge is 2.16. The molecular weight excluding hydrogens is 258 g/mol. The predicted octanol–water partition coefficient (Wildman–Crippen LogP) is 2.57. The van der Waals surface area contributed by atoms with Gasteiger partial charge >= 0.3 is 0 Å². The normalized spacial score (nSPS) is 19.9. The van der Waals surface area contributed by atoms with Crippen LogP contribution in [0.3, 0.4) is 0 Å². The highest BCUT2D eigenvalue weighted by molar-refractivity contribution is 5.44. The van der Waals surface area contributed by atoms with E-state index in [2.05, 4.69) is 57.7 Å². The fraction of sp³-hybridized carbons (Fsp3) is 0.278. The van der Waals surface area contributed by atoms with Crippen molar-refractivity contribution in [2.45, 2.75) is 12.6 Å². The summed E-state index contributed by atoms with van der Waals surface area (Å²) in [5.74, 6) is 0. The summed E-state index contributed by atoms with van der Waals surface area (Å²) < 4.78 is 0. The average Bonchev–Trinajstić information content (AvgIpc) is 2.55. The van der Waals surface area contributed by atoms with Crippen molar-refractivity contribution in [1.29, 1.82) is 0 Å². The number of pyridine rings is 1. The zero-order valence-corrected chi connectivity index (χ0v) is 12.2. The monoisotopic (exact) mass is 279 g/mol. The molecule has 1 aliphatic heterocycles. The van der Waals surface area contributed by atoms with E-state index in [9.17, 15) is 0 Å². The molecule has 1 aliphatic rings. The molecule has 2 aromatic rings. The lowest BCUT2D eigenvalue weighted by Crippen LogP contribution is -2.49. The first-order valence-corrected chi connectivity index (χ1v) is 7.49. The zero-order chi connectivity index (χ0) is 14.3. The number of hydrogen-bond acceptors (Lipinski definition) is 3. The molecule has 0 bridgehead atoms. The lowest BCUT2D eigenvalue weighted by atomic mass is 10.1. The van der Waals surface area contributed by atoms with Crippen molar-refractivity contribution in [3.05, 3.63) is 72.1 Å². The molecule has 0 radical (unpaired) electrons. The summed E-state index contributed by atoms with van der Waals surface area (Å²) in [5, 5.41) is 3.55. The average molecular weight is 279 g/mol. The first-order valence-electron chi connectivity index (χ1n) is 7.49. The Morgan fingerprint density at radius 1 is 1.14 bits per heavy atom. The van der Waals surface area contributed by atoms with E-state index in [0.29, 0.717) is 6.04 Å². The van der Waals surface area contributed by atoms with Crippen LogP contribution >= 0.6 is 0 Å². The Labute approximate surface area is 126 Å². The first-order chi connectivity index (χ1) is 10.4. The van der Waals surface area contributed by atoms with E-state index in [1.807, 2.05) is 24.4 Å². The van der Waals surface area contributed by atoms with Gasteiger partial charge in [-0.2, -0.15) is 0 Å². The summed E-state index contributed by atoms with van der Waals surface area (Å²) in [7, 11) is 0. The molecule has 3 heteroatoms. The summed E-state index contributed by atoms with van der Waals surface area (Å²) in [5.41, 5.74) is 2.39. The van der Waals surface area contributed by atoms with E-state index in [1.54, 1.807) is 0 Å². The first kappa shape index (κ1) is 14.0. The van der Waals surface area contributed by atoms with Gasteiger partial charge < -0.3 is 5.32 Å². The summed E-state index contributed by atoms with van der Waals surface area (Å²) in [6.45, 7) is 4.20. The van der Waals surface area contributed by atoms with Crippen LogP contribution in [0.15, 0.2) is 60.8 Å². The Morgan fingerprint density at radius 3 is 2.81 bits per heavy atom. The molecule has 0 unspecified atom stereocenters. The molecule has 21 heavy (non-hydrogen) atoms. The number of nitrogens with zero attached hydrogens (tertiary/aromatic N) is 2. The van der Waals surface area contributed by atoms with Crippen LogP contribution in [0.5, 0.6) is 0 Å². The van der Waals surface area contributed by atoms with Crippen molar-refractivity contribution in [1.82, 2.24) is 15.2 Å². The van der Waals surface area contributed by atoms with Crippen LogP contribution in [0.4, 0.5) is 0 Å². The van der Waals surface area contributed by atoms with Crippen LogP contribution in [0.1, 0.15) is 11.3 Å². The molecule has 0 aliphatic carbocycles. The van der Waals surface area contributed by atoms with Gasteiger partial charge in [-0.05, 0) is 23.8 Å². The second-order valence-electron chi connectivity index (χ2n) is 5.40. The van der Waals surface area contributed by atoms with Crippen molar-refractivity contribution in [3.63, 3.8) is 0 Å². The van der Waals surface area contributed by atoms with Gasteiger partial charge in [0.1, 0.15) is 0 Å². The van der Waals surface area contributed by atoms with E-state index in [1.165, 1.54) is 5.56 Å². The van der Waals surface area contributed by atoms with Gasteiger partial charge in [0.2, 0.25) is 0 Å². The molecule has 1 aromatic carbocycles. The van der Waals surface area contributed by atoms with Crippen molar-refractivity contribution >= 4 is 6.08 Å². The third kappa shape index (κ3) is 4.25. The van der Waals surface area contributed by atoms with Gasteiger partial charge in [0, 0.05) is 38.4 Å². The minimum absolute atomic E-state index is 0.393. The zero-order valence-electron chi connectivity index (χ0n) is 12.2. The van der Waals surface area contributed by atoms with Crippen molar-refractivity contribution < 1.29 is 0 Å². The molecule has 108 valence electrons. The molecule has 0 saturated carbocycles. The third-order valence-corrected chi connectivity index (χ3v) is 3.73. The van der Waals surface area contributed by atoms with Crippen LogP contribution in [-0.2, 0) is 6.54 Å². The standard InChI is InChI=1S/C18H21N3/c1-2-6-16(7-3-1)14-21-13-12-20-18(15-21)10-9-17-8-4-5-11-19-17/h1-11,18,20H,12-15H2/t18-/m1/s1. The largest absolute Gasteiger partial charge is 0.308 e. The Morgan fingerprint density at radius 2 is 2.00 bits per heavy atom. The summed E-state index contributed by atoms with van der Waals surface area (Å²) in [4.78, 5) is 6.82. The van der Waals surface area contributed by atoms with E-state index < -0.39 is 0 Å². The molecule has 1 atom stereocenters. The van der Waals surface area contributed by atoms with Gasteiger partial charge in [-0.3, -0.25) is 9.88 Å². The maximum absolute atomic E-state index is 4.32. The van der Waals surface area contributed by atoms with Gasteiger partial charge in [0.25, 0.3) is 0 Å². The smallest absolute Gasteiger partial charge is 0.0627 e. The van der Waals surface area contributed by atoms with Gasteiger partial charge in [-0.1, -0.05) is 42.5 Å². The Hall–Kier alpha value is -1.97. The van der Waals surface area contributed by atoms with Crippen LogP contribution in [0.25, 0.3) is 6.08 Å². The topological polar surface area (TPSA) is 28.2 Å². The molecule has 3 nitrogen and oxygen atoms in total. The van der Waals surface area contributed by atoms with Gasteiger partial charge in [-0.15, -0.1) is 0 Å². The quantitative estimate of drug-likeness (QED) is 0.932. The fourth-order valence-electron chi connectivity index (χ4n) is 2.65.